The number of hydrogen-bond acceptors (Lipinski definition) is 5. The molecule has 3 N–H and O–H groups in total. The van der Waals surface area contributed by atoms with E-state index in [2.05, 4.69) is 15.3 Å². The molecule has 7 nitrogen and oxygen atoms in total. The van der Waals surface area contributed by atoms with Gasteiger partial charge in [0.2, 0.25) is 6.79 Å². The minimum Gasteiger partial charge on any atom is -0.454 e. The highest BCUT2D eigenvalue weighted by molar-refractivity contribution is 5.83. The molecule has 3 aromatic rings. The van der Waals surface area contributed by atoms with Crippen LogP contribution < -0.4 is 25.9 Å². The van der Waals surface area contributed by atoms with Gasteiger partial charge in [0.1, 0.15) is 5.69 Å². The Hall–Kier alpha value is -3.22. The fraction of sp³-hybridized carbons (Fsp3) is 0.176. The lowest BCUT2D eigenvalue weighted by molar-refractivity contribution is 0.174. The van der Waals surface area contributed by atoms with Crippen molar-refractivity contribution in [3.05, 3.63) is 62.3 Å². The normalized spacial score (nSPS) is 12.5. The number of rotatable bonds is 3. The average Bonchev–Trinajstić information content (AvgIpc) is 3.00. The highest BCUT2D eigenvalue weighted by Crippen LogP contribution is 2.35. The van der Waals surface area contributed by atoms with E-state index < -0.39 is 0 Å². The van der Waals surface area contributed by atoms with E-state index in [-0.39, 0.29) is 24.5 Å². The Balaban J connectivity index is 1.69. The highest BCUT2D eigenvalue weighted by atomic mass is 16.7. The zero-order valence-corrected chi connectivity index (χ0v) is 12.9. The summed E-state index contributed by atoms with van der Waals surface area (Å²) in [5.41, 5.74) is 2.07. The summed E-state index contributed by atoms with van der Waals surface area (Å²) in [4.78, 5) is 29.6. The van der Waals surface area contributed by atoms with Crippen LogP contribution in [0.4, 0.5) is 5.69 Å². The Morgan fingerprint density at radius 1 is 1.12 bits per heavy atom. The summed E-state index contributed by atoms with van der Waals surface area (Å²) in [7, 11) is 0. The Morgan fingerprint density at radius 2 is 1.92 bits per heavy atom. The third-order valence-corrected chi connectivity index (χ3v) is 4.04. The Bertz CT molecular complexity index is 1050. The summed E-state index contributed by atoms with van der Waals surface area (Å²) in [5.74, 6) is 1.28. The lowest BCUT2D eigenvalue weighted by Gasteiger charge is -2.09. The minimum atomic E-state index is -0.212. The molecule has 0 spiro atoms. The van der Waals surface area contributed by atoms with Gasteiger partial charge in [-0.2, -0.15) is 0 Å². The van der Waals surface area contributed by atoms with Crippen molar-refractivity contribution >= 4 is 16.6 Å². The number of aromatic amines is 2. The zero-order valence-electron chi connectivity index (χ0n) is 12.9. The van der Waals surface area contributed by atoms with Gasteiger partial charge in [-0.1, -0.05) is 0 Å². The molecule has 0 radical (unpaired) electrons. The quantitative estimate of drug-likeness (QED) is 0.683. The molecule has 0 saturated carbocycles. The van der Waals surface area contributed by atoms with Gasteiger partial charge in [0.15, 0.2) is 11.5 Å². The molecule has 1 aromatic carbocycles. The molecule has 2 aromatic heterocycles. The maximum atomic E-state index is 12.3. The molecule has 1 aliphatic heterocycles. The number of fused-ring (bicyclic) bond motifs is 2. The van der Waals surface area contributed by atoms with E-state index in [4.69, 9.17) is 9.47 Å². The number of ether oxygens (including phenoxy) is 2. The maximum absolute atomic E-state index is 12.3. The van der Waals surface area contributed by atoms with Crippen LogP contribution >= 0.6 is 0 Å². The molecule has 0 aliphatic carbocycles. The van der Waals surface area contributed by atoms with Crippen molar-refractivity contribution in [1.82, 2.24) is 9.97 Å². The van der Waals surface area contributed by atoms with Gasteiger partial charge in [-0.15, -0.1) is 0 Å². The van der Waals surface area contributed by atoms with E-state index in [0.717, 1.165) is 10.9 Å². The molecular formula is C17H15N3O4. The van der Waals surface area contributed by atoms with Gasteiger partial charge < -0.3 is 24.8 Å². The van der Waals surface area contributed by atoms with Crippen LogP contribution in [0.2, 0.25) is 0 Å². The molecule has 24 heavy (non-hydrogen) atoms. The first kappa shape index (κ1) is 14.4. The first-order valence-electron chi connectivity index (χ1n) is 7.49. The smallest absolute Gasteiger partial charge is 0.271 e. The molecule has 1 aliphatic rings. The number of aromatic nitrogens is 2. The van der Waals surface area contributed by atoms with Crippen molar-refractivity contribution in [2.24, 2.45) is 0 Å². The van der Waals surface area contributed by atoms with Crippen LogP contribution in [0.1, 0.15) is 11.1 Å². The van der Waals surface area contributed by atoms with E-state index in [1.807, 2.05) is 13.0 Å². The summed E-state index contributed by atoms with van der Waals surface area (Å²) in [5, 5.41) is 3.88. The topological polar surface area (TPSA) is 96.2 Å². The molecule has 0 amide bonds. The van der Waals surface area contributed by atoms with Crippen LogP contribution in [-0.2, 0) is 6.54 Å². The van der Waals surface area contributed by atoms with Crippen molar-refractivity contribution in [2.45, 2.75) is 13.5 Å². The first-order chi connectivity index (χ1) is 11.6. The fourth-order valence-corrected chi connectivity index (χ4v) is 2.75. The van der Waals surface area contributed by atoms with Gasteiger partial charge in [0, 0.05) is 29.8 Å². The van der Waals surface area contributed by atoms with Crippen molar-refractivity contribution in [2.75, 3.05) is 12.1 Å². The largest absolute Gasteiger partial charge is 0.454 e. The number of benzene rings is 1. The number of hydrogen-bond donors (Lipinski definition) is 3. The fourth-order valence-electron chi connectivity index (χ4n) is 2.75. The monoisotopic (exact) mass is 325 g/mol. The van der Waals surface area contributed by atoms with E-state index in [1.54, 1.807) is 24.4 Å². The Labute approximate surface area is 136 Å². The lowest BCUT2D eigenvalue weighted by atomic mass is 10.1. The molecule has 0 saturated heterocycles. The van der Waals surface area contributed by atoms with Crippen LogP contribution in [0.5, 0.6) is 11.5 Å². The minimum absolute atomic E-state index is 0.181. The molecule has 3 heterocycles. The maximum Gasteiger partial charge on any atom is 0.271 e. The highest BCUT2D eigenvalue weighted by Gasteiger charge is 2.15. The second kappa shape index (κ2) is 5.45. The number of H-pyrrole nitrogens is 2. The standard InChI is InChI=1S/C17H15N3O4/c1-9-2-3-18-17(22)15(9)19-7-11-4-10-5-13-14(24-8-23-13)6-12(10)20-16(11)21/h2-6,19H,7-8H2,1H3,(H,18,22)(H,20,21). The molecule has 0 bridgehead atoms. The van der Waals surface area contributed by atoms with Gasteiger partial charge in [-0.3, -0.25) is 9.59 Å². The summed E-state index contributed by atoms with van der Waals surface area (Å²) in [6.07, 6.45) is 1.59. The Kier molecular flexibility index (Phi) is 3.26. The van der Waals surface area contributed by atoms with Gasteiger partial charge in [0.05, 0.1) is 5.52 Å². The Morgan fingerprint density at radius 3 is 2.71 bits per heavy atom. The number of nitrogens with one attached hydrogen (secondary N) is 3. The van der Waals surface area contributed by atoms with Crippen LogP contribution in [-0.4, -0.2) is 16.8 Å². The number of aryl methyl sites for hydroxylation is 1. The van der Waals surface area contributed by atoms with Crippen molar-refractivity contribution in [1.29, 1.82) is 0 Å². The SMILES string of the molecule is Cc1cc[nH]c(=O)c1NCc1cc2cc3c(cc2[nH]c1=O)OCO3. The second-order valence-electron chi connectivity index (χ2n) is 5.63. The summed E-state index contributed by atoms with van der Waals surface area (Å²) >= 11 is 0. The zero-order chi connectivity index (χ0) is 16.7. The molecule has 0 atom stereocenters. The second-order valence-corrected chi connectivity index (χ2v) is 5.63. The summed E-state index contributed by atoms with van der Waals surface area (Å²) in [6.45, 7) is 2.26. The molecule has 0 fully saturated rings. The average molecular weight is 325 g/mol. The van der Waals surface area contributed by atoms with Crippen LogP contribution in [0.15, 0.2) is 40.1 Å². The van der Waals surface area contributed by atoms with Gasteiger partial charge >= 0.3 is 0 Å². The molecule has 122 valence electrons. The van der Waals surface area contributed by atoms with E-state index in [1.165, 1.54) is 0 Å². The number of anilines is 1. The summed E-state index contributed by atoms with van der Waals surface area (Å²) in [6, 6.07) is 7.17. The predicted molar refractivity (Wildman–Crippen MR) is 89.8 cm³/mol. The van der Waals surface area contributed by atoms with E-state index >= 15 is 0 Å². The van der Waals surface area contributed by atoms with Gasteiger partial charge in [0.25, 0.3) is 11.1 Å². The third kappa shape index (κ3) is 2.40. The van der Waals surface area contributed by atoms with Crippen LogP contribution in [0.3, 0.4) is 0 Å². The van der Waals surface area contributed by atoms with Crippen LogP contribution in [0, 0.1) is 6.92 Å². The first-order valence-corrected chi connectivity index (χ1v) is 7.49. The van der Waals surface area contributed by atoms with Crippen molar-refractivity contribution in [3.63, 3.8) is 0 Å². The molecule has 7 heteroatoms. The lowest BCUT2D eigenvalue weighted by Crippen LogP contribution is -2.19. The molecular weight excluding hydrogens is 310 g/mol. The van der Waals surface area contributed by atoms with Gasteiger partial charge in [-0.25, -0.2) is 0 Å². The van der Waals surface area contributed by atoms with E-state index in [9.17, 15) is 9.59 Å². The van der Waals surface area contributed by atoms with Crippen molar-refractivity contribution in [3.8, 4) is 11.5 Å². The van der Waals surface area contributed by atoms with Gasteiger partial charge in [-0.05, 0) is 30.7 Å². The third-order valence-electron chi connectivity index (χ3n) is 4.04. The van der Waals surface area contributed by atoms with Crippen LogP contribution in [0.25, 0.3) is 10.9 Å². The molecule has 4 rings (SSSR count). The summed E-state index contributed by atoms with van der Waals surface area (Å²) < 4.78 is 10.7. The van der Waals surface area contributed by atoms with E-state index in [0.29, 0.717) is 28.3 Å². The molecule has 0 unspecified atom stereocenters. The predicted octanol–water partition coefficient (Wildman–Crippen LogP) is 1.87. The van der Waals surface area contributed by atoms with Crippen molar-refractivity contribution < 1.29 is 9.47 Å². The number of pyridine rings is 2.